The van der Waals surface area contributed by atoms with Gasteiger partial charge in [-0.15, -0.1) is 0 Å². The number of aliphatic hydroxyl groups excluding tert-OH is 2. The van der Waals surface area contributed by atoms with Gasteiger partial charge < -0.3 is 15.1 Å². The Bertz CT molecular complexity index is 286. The molecule has 0 aromatic heterocycles. The van der Waals surface area contributed by atoms with Crippen molar-refractivity contribution in [3.05, 3.63) is 29.3 Å². The molecular formula is C12H19NO2. The zero-order valence-electron chi connectivity index (χ0n) is 9.40. The molecule has 0 saturated carbocycles. The summed E-state index contributed by atoms with van der Waals surface area (Å²) >= 11 is 0. The van der Waals surface area contributed by atoms with Crippen molar-refractivity contribution in [2.24, 2.45) is 0 Å². The molecule has 0 saturated heterocycles. The van der Waals surface area contributed by atoms with E-state index in [4.69, 9.17) is 10.2 Å². The van der Waals surface area contributed by atoms with Gasteiger partial charge in [-0.2, -0.15) is 0 Å². The lowest BCUT2D eigenvalue weighted by Crippen LogP contribution is -2.15. The van der Waals surface area contributed by atoms with Crippen LogP contribution < -0.4 is 4.90 Å². The number of para-hydroxylation sites is 1. The molecule has 0 atom stereocenters. The number of benzene rings is 1. The highest BCUT2D eigenvalue weighted by Crippen LogP contribution is 2.24. The fourth-order valence-electron chi connectivity index (χ4n) is 1.86. The fourth-order valence-corrected chi connectivity index (χ4v) is 1.86. The summed E-state index contributed by atoms with van der Waals surface area (Å²) in [6.45, 7) is 0.312. The lowest BCUT2D eigenvalue weighted by molar-refractivity contribution is 0.298. The molecule has 0 aliphatic rings. The van der Waals surface area contributed by atoms with E-state index in [1.807, 2.05) is 37.2 Å². The molecule has 0 aliphatic carbocycles. The van der Waals surface area contributed by atoms with E-state index >= 15 is 0 Å². The Kier molecular flexibility index (Phi) is 4.59. The Hall–Kier alpha value is -1.06. The molecule has 3 nitrogen and oxygen atoms in total. The van der Waals surface area contributed by atoms with Crippen LogP contribution in [0.1, 0.15) is 11.1 Å². The quantitative estimate of drug-likeness (QED) is 0.754. The standard InChI is InChI=1S/C12H19NO2/c1-13(2)12-10(6-8-14)4-3-5-11(12)7-9-15/h3-5,14-15H,6-9H2,1-2H3. The maximum atomic E-state index is 8.98. The number of rotatable bonds is 5. The minimum Gasteiger partial charge on any atom is -0.396 e. The van der Waals surface area contributed by atoms with E-state index in [1.165, 1.54) is 0 Å². The second kappa shape index (κ2) is 5.73. The Morgan fingerprint density at radius 1 is 1.00 bits per heavy atom. The maximum Gasteiger partial charge on any atom is 0.0472 e. The van der Waals surface area contributed by atoms with Crippen LogP contribution in [0.25, 0.3) is 0 Å². The van der Waals surface area contributed by atoms with Crippen LogP contribution in [0, 0.1) is 0 Å². The van der Waals surface area contributed by atoms with Crippen LogP contribution in [-0.4, -0.2) is 37.5 Å². The molecule has 3 heteroatoms. The summed E-state index contributed by atoms with van der Waals surface area (Å²) in [7, 11) is 3.97. The second-order valence-corrected chi connectivity index (χ2v) is 3.77. The van der Waals surface area contributed by atoms with Gasteiger partial charge in [-0.1, -0.05) is 18.2 Å². The van der Waals surface area contributed by atoms with Crippen LogP contribution in [0.5, 0.6) is 0 Å². The first-order chi connectivity index (χ1) is 7.20. The lowest BCUT2D eigenvalue weighted by Gasteiger charge is -2.21. The molecule has 0 amide bonds. The summed E-state index contributed by atoms with van der Waals surface area (Å²) in [6, 6.07) is 6.02. The van der Waals surface area contributed by atoms with Crippen molar-refractivity contribution in [3.8, 4) is 0 Å². The van der Waals surface area contributed by atoms with Gasteiger partial charge in [-0.05, 0) is 24.0 Å². The van der Waals surface area contributed by atoms with E-state index in [0.29, 0.717) is 12.8 Å². The van der Waals surface area contributed by atoms with Gasteiger partial charge in [0.25, 0.3) is 0 Å². The third-order valence-electron chi connectivity index (χ3n) is 2.41. The van der Waals surface area contributed by atoms with Crippen molar-refractivity contribution < 1.29 is 10.2 Å². The van der Waals surface area contributed by atoms with Crippen molar-refractivity contribution in [2.75, 3.05) is 32.2 Å². The average Bonchev–Trinajstić information content (AvgIpc) is 2.18. The van der Waals surface area contributed by atoms with Crippen molar-refractivity contribution >= 4 is 5.69 Å². The maximum absolute atomic E-state index is 8.98. The van der Waals surface area contributed by atoms with Crippen LogP contribution in [0.3, 0.4) is 0 Å². The van der Waals surface area contributed by atoms with E-state index < -0.39 is 0 Å². The van der Waals surface area contributed by atoms with Gasteiger partial charge in [0.1, 0.15) is 0 Å². The van der Waals surface area contributed by atoms with E-state index in [0.717, 1.165) is 16.8 Å². The topological polar surface area (TPSA) is 43.7 Å². The summed E-state index contributed by atoms with van der Waals surface area (Å²) in [6.07, 6.45) is 1.32. The van der Waals surface area contributed by atoms with Gasteiger partial charge in [0.2, 0.25) is 0 Å². The van der Waals surface area contributed by atoms with E-state index in [-0.39, 0.29) is 13.2 Å². The molecule has 0 spiro atoms. The molecule has 84 valence electrons. The predicted octanol–water partition coefficient (Wildman–Crippen LogP) is 0.822. The molecule has 0 heterocycles. The molecular weight excluding hydrogens is 190 g/mol. The smallest absolute Gasteiger partial charge is 0.0472 e. The van der Waals surface area contributed by atoms with Crippen LogP contribution in [0.4, 0.5) is 5.69 Å². The first-order valence-corrected chi connectivity index (χ1v) is 5.20. The third kappa shape index (κ3) is 2.94. The van der Waals surface area contributed by atoms with Crippen molar-refractivity contribution in [3.63, 3.8) is 0 Å². The first kappa shape index (κ1) is 12.0. The van der Waals surface area contributed by atoms with Crippen LogP contribution >= 0.6 is 0 Å². The number of hydrogen-bond donors (Lipinski definition) is 2. The Morgan fingerprint density at radius 2 is 1.47 bits per heavy atom. The third-order valence-corrected chi connectivity index (χ3v) is 2.41. The molecule has 0 bridgehead atoms. The Labute approximate surface area is 91.0 Å². The number of aliphatic hydroxyl groups is 2. The molecule has 2 N–H and O–H groups in total. The first-order valence-electron chi connectivity index (χ1n) is 5.20. The second-order valence-electron chi connectivity index (χ2n) is 3.77. The lowest BCUT2D eigenvalue weighted by atomic mass is 10.0. The number of anilines is 1. The molecule has 1 aromatic carbocycles. The number of nitrogens with zero attached hydrogens (tertiary/aromatic N) is 1. The monoisotopic (exact) mass is 209 g/mol. The van der Waals surface area contributed by atoms with Gasteiger partial charge in [-0.3, -0.25) is 0 Å². The van der Waals surface area contributed by atoms with Crippen molar-refractivity contribution in [1.29, 1.82) is 0 Å². The highest BCUT2D eigenvalue weighted by molar-refractivity contribution is 5.59. The molecule has 1 aromatic rings. The van der Waals surface area contributed by atoms with Gasteiger partial charge in [0.05, 0.1) is 0 Å². The van der Waals surface area contributed by atoms with Gasteiger partial charge >= 0.3 is 0 Å². The Balaban J connectivity index is 3.09. The van der Waals surface area contributed by atoms with E-state index in [1.54, 1.807) is 0 Å². The molecule has 0 aliphatic heterocycles. The average molecular weight is 209 g/mol. The van der Waals surface area contributed by atoms with E-state index in [2.05, 4.69) is 0 Å². The van der Waals surface area contributed by atoms with Crippen LogP contribution in [-0.2, 0) is 12.8 Å². The Morgan fingerprint density at radius 3 is 1.80 bits per heavy atom. The SMILES string of the molecule is CN(C)c1c(CCO)cccc1CCO. The molecule has 1 rings (SSSR count). The highest BCUT2D eigenvalue weighted by atomic mass is 16.3. The summed E-state index contributed by atoms with van der Waals surface area (Å²) in [5.74, 6) is 0. The van der Waals surface area contributed by atoms with Crippen LogP contribution in [0.15, 0.2) is 18.2 Å². The van der Waals surface area contributed by atoms with Gasteiger partial charge in [0.15, 0.2) is 0 Å². The van der Waals surface area contributed by atoms with Crippen molar-refractivity contribution in [2.45, 2.75) is 12.8 Å². The highest BCUT2D eigenvalue weighted by Gasteiger charge is 2.09. The summed E-state index contributed by atoms with van der Waals surface area (Å²) in [4.78, 5) is 2.04. The molecule has 0 radical (unpaired) electrons. The normalized spacial score (nSPS) is 10.4. The molecule has 0 unspecified atom stereocenters. The molecule has 15 heavy (non-hydrogen) atoms. The summed E-state index contributed by atoms with van der Waals surface area (Å²) < 4.78 is 0. The zero-order chi connectivity index (χ0) is 11.3. The molecule has 0 fully saturated rings. The van der Waals surface area contributed by atoms with Gasteiger partial charge in [0, 0.05) is 33.0 Å². The van der Waals surface area contributed by atoms with Gasteiger partial charge in [-0.25, -0.2) is 0 Å². The zero-order valence-corrected chi connectivity index (χ0v) is 9.40. The van der Waals surface area contributed by atoms with Crippen LogP contribution in [0.2, 0.25) is 0 Å². The predicted molar refractivity (Wildman–Crippen MR) is 62.3 cm³/mol. The fraction of sp³-hybridized carbons (Fsp3) is 0.500. The minimum absolute atomic E-state index is 0.156. The van der Waals surface area contributed by atoms with Crippen molar-refractivity contribution in [1.82, 2.24) is 0 Å². The minimum atomic E-state index is 0.156. The summed E-state index contributed by atoms with van der Waals surface area (Å²) in [5.41, 5.74) is 3.39. The van der Waals surface area contributed by atoms with E-state index in [9.17, 15) is 0 Å². The number of hydrogen-bond acceptors (Lipinski definition) is 3. The summed E-state index contributed by atoms with van der Waals surface area (Å²) in [5, 5.41) is 18.0. The largest absolute Gasteiger partial charge is 0.396 e.